The average molecular weight is 296 g/mol. The summed E-state index contributed by atoms with van der Waals surface area (Å²) in [5.74, 6) is 0.785. The Morgan fingerprint density at radius 3 is 2.59 bits per heavy atom. The Bertz CT molecular complexity index is 386. The molecule has 1 fully saturated rings. The molecule has 0 amide bonds. The van der Waals surface area contributed by atoms with E-state index in [4.69, 9.17) is 0 Å². The van der Waals surface area contributed by atoms with E-state index in [2.05, 4.69) is 66.3 Å². The SMILES string of the molecule is CC1CC(C)(C)CC1NCc1ccccc1Br. The highest BCUT2D eigenvalue weighted by Gasteiger charge is 2.36. The fourth-order valence-electron chi connectivity index (χ4n) is 3.05. The van der Waals surface area contributed by atoms with E-state index in [0.29, 0.717) is 11.5 Å². The fraction of sp³-hybridized carbons (Fsp3) is 0.600. The molecule has 2 rings (SSSR count). The van der Waals surface area contributed by atoms with Crippen LogP contribution in [0.5, 0.6) is 0 Å². The van der Waals surface area contributed by atoms with Gasteiger partial charge in [-0.05, 0) is 35.8 Å². The quantitative estimate of drug-likeness (QED) is 0.873. The summed E-state index contributed by atoms with van der Waals surface area (Å²) in [6.07, 6.45) is 2.62. The van der Waals surface area contributed by atoms with Crippen molar-refractivity contribution < 1.29 is 0 Å². The van der Waals surface area contributed by atoms with Crippen molar-refractivity contribution >= 4 is 15.9 Å². The second-order valence-corrected chi connectivity index (χ2v) is 6.98. The van der Waals surface area contributed by atoms with Crippen LogP contribution in [0.4, 0.5) is 0 Å². The van der Waals surface area contributed by atoms with Gasteiger partial charge in [0.2, 0.25) is 0 Å². The number of nitrogens with one attached hydrogen (secondary N) is 1. The molecule has 2 unspecified atom stereocenters. The molecule has 0 aromatic heterocycles. The van der Waals surface area contributed by atoms with E-state index in [0.717, 1.165) is 12.5 Å². The number of halogens is 1. The van der Waals surface area contributed by atoms with Crippen molar-refractivity contribution in [3.05, 3.63) is 34.3 Å². The lowest BCUT2D eigenvalue weighted by Crippen LogP contribution is -2.31. The molecule has 2 atom stereocenters. The molecule has 1 aliphatic carbocycles. The Kier molecular flexibility index (Phi) is 3.94. The maximum absolute atomic E-state index is 3.71. The molecule has 17 heavy (non-hydrogen) atoms. The third kappa shape index (κ3) is 3.32. The summed E-state index contributed by atoms with van der Waals surface area (Å²) in [6, 6.07) is 9.12. The molecule has 94 valence electrons. The van der Waals surface area contributed by atoms with Gasteiger partial charge in [-0.15, -0.1) is 0 Å². The molecular formula is C15H22BrN. The lowest BCUT2D eigenvalue weighted by Gasteiger charge is -2.19. The van der Waals surface area contributed by atoms with Gasteiger partial charge in [-0.25, -0.2) is 0 Å². The summed E-state index contributed by atoms with van der Waals surface area (Å²) in [7, 11) is 0. The minimum atomic E-state index is 0.505. The third-order valence-corrected chi connectivity index (χ3v) is 4.62. The number of rotatable bonds is 3. The van der Waals surface area contributed by atoms with Crippen molar-refractivity contribution in [2.24, 2.45) is 11.3 Å². The highest BCUT2D eigenvalue weighted by molar-refractivity contribution is 9.10. The predicted molar refractivity (Wildman–Crippen MR) is 76.9 cm³/mol. The predicted octanol–water partition coefficient (Wildman–Crippen LogP) is 4.36. The Hall–Kier alpha value is -0.340. The highest BCUT2D eigenvalue weighted by atomic mass is 79.9. The minimum Gasteiger partial charge on any atom is -0.310 e. The Labute approximate surface area is 113 Å². The molecular weight excluding hydrogens is 274 g/mol. The largest absolute Gasteiger partial charge is 0.310 e. The fourth-order valence-corrected chi connectivity index (χ4v) is 3.47. The maximum Gasteiger partial charge on any atom is 0.0220 e. The zero-order chi connectivity index (χ0) is 12.5. The molecule has 0 radical (unpaired) electrons. The number of benzene rings is 1. The smallest absolute Gasteiger partial charge is 0.0220 e. The van der Waals surface area contributed by atoms with Gasteiger partial charge in [0.25, 0.3) is 0 Å². The van der Waals surface area contributed by atoms with E-state index < -0.39 is 0 Å². The van der Waals surface area contributed by atoms with Crippen LogP contribution in [0.2, 0.25) is 0 Å². The van der Waals surface area contributed by atoms with Crippen molar-refractivity contribution in [1.29, 1.82) is 0 Å². The molecule has 1 aliphatic rings. The summed E-state index contributed by atoms with van der Waals surface area (Å²) in [4.78, 5) is 0. The van der Waals surface area contributed by atoms with Crippen molar-refractivity contribution in [3.8, 4) is 0 Å². The summed E-state index contributed by atoms with van der Waals surface area (Å²) in [5, 5.41) is 3.71. The first kappa shape index (κ1) is 13.1. The van der Waals surface area contributed by atoms with E-state index in [1.54, 1.807) is 0 Å². The molecule has 0 heterocycles. The highest BCUT2D eigenvalue weighted by Crippen LogP contribution is 2.40. The van der Waals surface area contributed by atoms with E-state index in [9.17, 15) is 0 Å². The van der Waals surface area contributed by atoms with Crippen LogP contribution in [0.15, 0.2) is 28.7 Å². The van der Waals surface area contributed by atoms with Crippen LogP contribution >= 0.6 is 15.9 Å². The molecule has 1 saturated carbocycles. The normalized spacial score (nSPS) is 27.3. The standard InChI is InChI=1S/C15H22BrN/c1-11-8-15(2,3)9-14(11)17-10-12-6-4-5-7-13(12)16/h4-7,11,14,17H,8-10H2,1-3H3. The van der Waals surface area contributed by atoms with Gasteiger partial charge in [-0.3, -0.25) is 0 Å². The molecule has 1 aromatic rings. The van der Waals surface area contributed by atoms with E-state index in [1.165, 1.54) is 22.9 Å². The zero-order valence-electron chi connectivity index (χ0n) is 11.0. The molecule has 0 spiro atoms. The van der Waals surface area contributed by atoms with Crippen molar-refractivity contribution in [2.45, 2.75) is 46.2 Å². The molecule has 0 saturated heterocycles. The van der Waals surface area contributed by atoms with Gasteiger partial charge in [0, 0.05) is 17.1 Å². The zero-order valence-corrected chi connectivity index (χ0v) is 12.5. The first-order valence-corrected chi connectivity index (χ1v) is 7.24. The average Bonchev–Trinajstić information content (AvgIpc) is 2.51. The molecule has 0 aliphatic heterocycles. The van der Waals surface area contributed by atoms with Gasteiger partial charge in [0.1, 0.15) is 0 Å². The summed E-state index contributed by atoms with van der Waals surface area (Å²) < 4.78 is 1.21. The lowest BCUT2D eigenvalue weighted by atomic mass is 9.91. The third-order valence-electron chi connectivity index (χ3n) is 3.85. The lowest BCUT2D eigenvalue weighted by molar-refractivity contribution is 0.362. The first-order valence-electron chi connectivity index (χ1n) is 6.45. The van der Waals surface area contributed by atoms with E-state index in [-0.39, 0.29) is 0 Å². The van der Waals surface area contributed by atoms with Crippen LogP contribution in [0.3, 0.4) is 0 Å². The second-order valence-electron chi connectivity index (χ2n) is 6.13. The van der Waals surface area contributed by atoms with Gasteiger partial charge in [0.05, 0.1) is 0 Å². The first-order chi connectivity index (χ1) is 7.98. The van der Waals surface area contributed by atoms with Crippen LogP contribution in [-0.4, -0.2) is 6.04 Å². The Morgan fingerprint density at radius 1 is 1.29 bits per heavy atom. The van der Waals surface area contributed by atoms with Gasteiger partial charge >= 0.3 is 0 Å². The Balaban J connectivity index is 1.93. The van der Waals surface area contributed by atoms with Gasteiger partial charge in [0.15, 0.2) is 0 Å². The van der Waals surface area contributed by atoms with Gasteiger partial charge < -0.3 is 5.32 Å². The molecule has 1 nitrogen and oxygen atoms in total. The minimum absolute atomic E-state index is 0.505. The second kappa shape index (κ2) is 5.11. The van der Waals surface area contributed by atoms with Crippen LogP contribution < -0.4 is 5.32 Å². The molecule has 0 bridgehead atoms. The number of hydrogen-bond acceptors (Lipinski definition) is 1. The molecule has 1 N–H and O–H groups in total. The van der Waals surface area contributed by atoms with Crippen LogP contribution in [0.25, 0.3) is 0 Å². The van der Waals surface area contributed by atoms with Crippen molar-refractivity contribution in [1.82, 2.24) is 5.32 Å². The van der Waals surface area contributed by atoms with Crippen LogP contribution in [-0.2, 0) is 6.54 Å². The van der Waals surface area contributed by atoms with Crippen LogP contribution in [0, 0.1) is 11.3 Å². The Morgan fingerprint density at radius 2 is 2.00 bits per heavy atom. The molecule has 1 aromatic carbocycles. The van der Waals surface area contributed by atoms with Crippen molar-refractivity contribution in [2.75, 3.05) is 0 Å². The summed E-state index contributed by atoms with van der Waals surface area (Å²) in [5.41, 5.74) is 1.86. The monoisotopic (exact) mass is 295 g/mol. The van der Waals surface area contributed by atoms with Crippen LogP contribution in [0.1, 0.15) is 39.2 Å². The van der Waals surface area contributed by atoms with Gasteiger partial charge in [-0.2, -0.15) is 0 Å². The van der Waals surface area contributed by atoms with E-state index >= 15 is 0 Å². The maximum atomic E-state index is 3.71. The number of hydrogen-bond donors (Lipinski definition) is 1. The summed E-state index contributed by atoms with van der Waals surface area (Å²) >= 11 is 3.60. The molecule has 2 heteroatoms. The summed E-state index contributed by atoms with van der Waals surface area (Å²) in [6.45, 7) is 8.09. The van der Waals surface area contributed by atoms with Gasteiger partial charge in [-0.1, -0.05) is 54.9 Å². The topological polar surface area (TPSA) is 12.0 Å². The van der Waals surface area contributed by atoms with E-state index in [1.807, 2.05) is 0 Å². The van der Waals surface area contributed by atoms with Crippen molar-refractivity contribution in [3.63, 3.8) is 0 Å².